The Morgan fingerprint density at radius 3 is 2.32 bits per heavy atom. The maximum absolute atomic E-state index is 12.9. The van der Waals surface area contributed by atoms with Gasteiger partial charge in [0.05, 0.1) is 5.75 Å². The van der Waals surface area contributed by atoms with Crippen molar-refractivity contribution in [3.05, 3.63) is 35.4 Å². The predicted octanol–water partition coefficient (Wildman–Crippen LogP) is 1.17. The molecule has 0 unspecified atom stereocenters. The first-order valence-electron chi connectivity index (χ1n) is 6.05. The minimum absolute atomic E-state index is 0.0156. The highest BCUT2D eigenvalue weighted by molar-refractivity contribution is 7.89. The minimum atomic E-state index is -3.34. The molecule has 108 valence electrons. The second-order valence-corrected chi connectivity index (χ2v) is 6.16. The van der Waals surface area contributed by atoms with E-state index in [2.05, 4.69) is 4.72 Å². The topological polar surface area (TPSA) is 72.2 Å². The van der Waals surface area contributed by atoms with Crippen LogP contribution in [0, 0.1) is 11.6 Å². The predicted molar refractivity (Wildman–Crippen MR) is 70.1 cm³/mol. The van der Waals surface area contributed by atoms with Crippen molar-refractivity contribution in [2.75, 3.05) is 18.8 Å². The first-order chi connectivity index (χ1) is 8.93. The van der Waals surface area contributed by atoms with Crippen molar-refractivity contribution in [3.63, 3.8) is 0 Å². The van der Waals surface area contributed by atoms with E-state index < -0.39 is 21.7 Å². The lowest BCUT2D eigenvalue weighted by Crippen LogP contribution is -2.28. The lowest BCUT2D eigenvalue weighted by Gasteiger charge is -2.06. The SMILES string of the molecule is NCCCCS(=O)(=O)NCCc1cc(F)cc(F)c1. The van der Waals surface area contributed by atoms with Crippen LogP contribution in [0.1, 0.15) is 18.4 Å². The van der Waals surface area contributed by atoms with Crippen LogP contribution in [0.25, 0.3) is 0 Å². The van der Waals surface area contributed by atoms with Crippen molar-refractivity contribution < 1.29 is 17.2 Å². The van der Waals surface area contributed by atoms with Gasteiger partial charge in [-0.25, -0.2) is 21.9 Å². The molecule has 0 spiro atoms. The fraction of sp³-hybridized carbons (Fsp3) is 0.500. The molecule has 0 radical (unpaired) electrons. The van der Waals surface area contributed by atoms with Gasteiger partial charge >= 0.3 is 0 Å². The van der Waals surface area contributed by atoms with Gasteiger partial charge in [0.2, 0.25) is 10.0 Å². The van der Waals surface area contributed by atoms with Crippen LogP contribution in [-0.2, 0) is 16.4 Å². The Bertz CT molecular complexity index is 486. The Labute approximate surface area is 112 Å². The third-order valence-electron chi connectivity index (χ3n) is 2.53. The summed E-state index contributed by atoms with van der Waals surface area (Å²) >= 11 is 0. The summed E-state index contributed by atoms with van der Waals surface area (Å²) in [6.45, 7) is 0.575. The van der Waals surface area contributed by atoms with E-state index in [0.29, 0.717) is 24.9 Å². The van der Waals surface area contributed by atoms with Gasteiger partial charge < -0.3 is 5.73 Å². The molecule has 0 bridgehead atoms. The van der Waals surface area contributed by atoms with E-state index in [1.807, 2.05) is 0 Å². The molecular formula is C12H18F2N2O2S. The molecule has 0 saturated heterocycles. The number of rotatable bonds is 8. The lowest BCUT2D eigenvalue weighted by atomic mass is 10.1. The molecule has 1 aromatic carbocycles. The third kappa shape index (κ3) is 6.60. The van der Waals surface area contributed by atoms with E-state index >= 15 is 0 Å². The van der Waals surface area contributed by atoms with Gasteiger partial charge in [0.1, 0.15) is 11.6 Å². The van der Waals surface area contributed by atoms with Crippen molar-refractivity contribution in [3.8, 4) is 0 Å². The molecule has 0 aliphatic heterocycles. The maximum atomic E-state index is 12.9. The molecule has 4 nitrogen and oxygen atoms in total. The van der Waals surface area contributed by atoms with E-state index in [-0.39, 0.29) is 18.7 Å². The van der Waals surface area contributed by atoms with Gasteiger partial charge in [-0.15, -0.1) is 0 Å². The molecule has 0 aliphatic rings. The van der Waals surface area contributed by atoms with Crippen molar-refractivity contribution in [2.45, 2.75) is 19.3 Å². The van der Waals surface area contributed by atoms with Crippen molar-refractivity contribution in [2.24, 2.45) is 5.73 Å². The van der Waals surface area contributed by atoms with Crippen LogP contribution >= 0.6 is 0 Å². The summed E-state index contributed by atoms with van der Waals surface area (Å²) in [5.41, 5.74) is 5.69. The third-order valence-corrected chi connectivity index (χ3v) is 4.00. The highest BCUT2D eigenvalue weighted by Crippen LogP contribution is 2.08. The number of halogens is 2. The van der Waals surface area contributed by atoms with Crippen LogP contribution in [0.15, 0.2) is 18.2 Å². The van der Waals surface area contributed by atoms with Gasteiger partial charge in [-0.3, -0.25) is 0 Å². The highest BCUT2D eigenvalue weighted by Gasteiger charge is 2.09. The fourth-order valence-electron chi connectivity index (χ4n) is 1.61. The van der Waals surface area contributed by atoms with Crippen molar-refractivity contribution in [1.29, 1.82) is 0 Å². The molecule has 7 heteroatoms. The smallest absolute Gasteiger partial charge is 0.211 e. The summed E-state index contributed by atoms with van der Waals surface area (Å²) in [5, 5.41) is 0. The van der Waals surface area contributed by atoms with Gasteiger partial charge in [-0.05, 0) is 43.5 Å². The second-order valence-electron chi connectivity index (χ2n) is 4.24. The Morgan fingerprint density at radius 2 is 1.74 bits per heavy atom. The monoisotopic (exact) mass is 292 g/mol. The largest absolute Gasteiger partial charge is 0.330 e. The lowest BCUT2D eigenvalue weighted by molar-refractivity contribution is 0.574. The van der Waals surface area contributed by atoms with E-state index in [1.54, 1.807) is 0 Å². The van der Waals surface area contributed by atoms with Crippen LogP contribution in [0.5, 0.6) is 0 Å². The van der Waals surface area contributed by atoms with E-state index in [9.17, 15) is 17.2 Å². The molecule has 1 aromatic rings. The molecule has 0 aromatic heterocycles. The van der Waals surface area contributed by atoms with Gasteiger partial charge in [0, 0.05) is 12.6 Å². The molecule has 0 aliphatic carbocycles. The fourth-order valence-corrected chi connectivity index (χ4v) is 2.76. The molecule has 3 N–H and O–H groups in total. The molecular weight excluding hydrogens is 274 g/mol. The molecule has 0 atom stereocenters. The standard InChI is InChI=1S/C12H18F2N2O2S/c13-11-7-10(8-12(14)9-11)3-5-16-19(17,18)6-2-1-4-15/h7-9,16H,1-6,15H2. The quantitative estimate of drug-likeness (QED) is 0.706. The van der Waals surface area contributed by atoms with Crippen LogP contribution in [0.4, 0.5) is 8.78 Å². The summed E-state index contributed by atoms with van der Waals surface area (Å²) in [7, 11) is -3.34. The van der Waals surface area contributed by atoms with E-state index in [4.69, 9.17) is 5.73 Å². The van der Waals surface area contributed by atoms with E-state index in [1.165, 1.54) is 12.1 Å². The van der Waals surface area contributed by atoms with Crippen LogP contribution in [0.2, 0.25) is 0 Å². The summed E-state index contributed by atoms with van der Waals surface area (Å²) in [6.07, 6.45) is 1.39. The first kappa shape index (κ1) is 16.0. The Hall–Kier alpha value is -1.05. The second kappa shape index (κ2) is 7.52. The summed E-state index contributed by atoms with van der Waals surface area (Å²) in [6, 6.07) is 3.15. The number of hydrogen-bond donors (Lipinski definition) is 2. The van der Waals surface area contributed by atoms with Crippen LogP contribution in [0.3, 0.4) is 0 Å². The normalized spacial score (nSPS) is 11.7. The molecule has 0 saturated carbocycles. The highest BCUT2D eigenvalue weighted by atomic mass is 32.2. The number of nitrogens with one attached hydrogen (secondary N) is 1. The number of sulfonamides is 1. The zero-order valence-electron chi connectivity index (χ0n) is 10.5. The van der Waals surface area contributed by atoms with Crippen molar-refractivity contribution in [1.82, 2.24) is 4.72 Å². The number of benzene rings is 1. The minimum Gasteiger partial charge on any atom is -0.330 e. The molecule has 0 amide bonds. The van der Waals surface area contributed by atoms with Gasteiger partial charge in [0.15, 0.2) is 0 Å². The number of hydrogen-bond acceptors (Lipinski definition) is 3. The summed E-state index contributed by atoms with van der Waals surface area (Å²) < 4.78 is 51.3. The zero-order chi connectivity index (χ0) is 14.3. The Morgan fingerprint density at radius 1 is 1.11 bits per heavy atom. The van der Waals surface area contributed by atoms with Gasteiger partial charge in [-0.2, -0.15) is 0 Å². The molecule has 0 heterocycles. The zero-order valence-corrected chi connectivity index (χ0v) is 11.3. The number of nitrogens with two attached hydrogens (primary N) is 1. The van der Waals surface area contributed by atoms with Gasteiger partial charge in [-0.1, -0.05) is 0 Å². The average molecular weight is 292 g/mol. The molecule has 0 fully saturated rings. The maximum Gasteiger partial charge on any atom is 0.211 e. The van der Waals surface area contributed by atoms with Crippen molar-refractivity contribution >= 4 is 10.0 Å². The summed E-state index contributed by atoms with van der Waals surface area (Å²) in [5.74, 6) is -1.32. The molecule has 1 rings (SSSR count). The Kier molecular flexibility index (Phi) is 6.33. The van der Waals surface area contributed by atoms with Crippen LogP contribution in [-0.4, -0.2) is 27.3 Å². The van der Waals surface area contributed by atoms with Crippen LogP contribution < -0.4 is 10.5 Å². The van der Waals surface area contributed by atoms with E-state index in [0.717, 1.165) is 6.07 Å². The summed E-state index contributed by atoms with van der Waals surface area (Å²) in [4.78, 5) is 0. The average Bonchev–Trinajstić information content (AvgIpc) is 2.27. The van der Waals surface area contributed by atoms with Gasteiger partial charge in [0.25, 0.3) is 0 Å². The number of unbranched alkanes of at least 4 members (excludes halogenated alkanes) is 1. The Balaban J connectivity index is 2.40. The first-order valence-corrected chi connectivity index (χ1v) is 7.70. The molecule has 19 heavy (non-hydrogen) atoms.